The van der Waals surface area contributed by atoms with Gasteiger partial charge in [0.25, 0.3) is 11.7 Å². The SMILES string of the molecule is COC1CC(CC(C)C(OC(=O)C2CCCCN2C(=O)C(=O)C2(O)OC(C)C(C)CC2C)N2CC2)CCC1O. The third-order valence-electron chi connectivity index (χ3n) is 9.55. The summed E-state index contributed by atoms with van der Waals surface area (Å²) < 4.78 is 17.3. The molecule has 0 spiro atoms. The maximum Gasteiger partial charge on any atom is 0.330 e. The lowest BCUT2D eigenvalue weighted by Crippen LogP contribution is -2.61. The van der Waals surface area contributed by atoms with E-state index in [4.69, 9.17) is 14.2 Å². The highest BCUT2D eigenvalue weighted by molar-refractivity contribution is 6.39. The normalized spacial score (nSPS) is 39.1. The van der Waals surface area contributed by atoms with Gasteiger partial charge in [-0.3, -0.25) is 14.5 Å². The molecule has 3 heterocycles. The highest BCUT2D eigenvalue weighted by Crippen LogP contribution is 2.38. The van der Waals surface area contributed by atoms with Crippen LogP contribution in [-0.2, 0) is 28.6 Å². The first-order chi connectivity index (χ1) is 18.5. The Bertz CT molecular complexity index is 897. The van der Waals surface area contributed by atoms with Gasteiger partial charge in [-0.1, -0.05) is 20.8 Å². The number of esters is 1. The number of ketones is 1. The Morgan fingerprint density at radius 3 is 2.44 bits per heavy atom. The number of piperidine rings is 1. The lowest BCUT2D eigenvalue weighted by molar-refractivity contribution is -0.270. The molecule has 4 rings (SSSR count). The lowest BCUT2D eigenvalue weighted by atomic mass is 9.80. The van der Waals surface area contributed by atoms with Crippen molar-refractivity contribution >= 4 is 17.7 Å². The molecule has 3 saturated heterocycles. The molecule has 10 unspecified atom stereocenters. The monoisotopic (exact) mass is 552 g/mol. The average Bonchev–Trinajstić information content (AvgIpc) is 3.76. The lowest BCUT2D eigenvalue weighted by Gasteiger charge is -2.43. The molecule has 0 radical (unpaired) electrons. The predicted octanol–water partition coefficient (Wildman–Crippen LogP) is 2.09. The van der Waals surface area contributed by atoms with Crippen molar-refractivity contribution in [2.45, 2.75) is 115 Å². The van der Waals surface area contributed by atoms with E-state index in [1.807, 2.05) is 6.92 Å². The van der Waals surface area contributed by atoms with Crippen LogP contribution >= 0.6 is 0 Å². The summed E-state index contributed by atoms with van der Waals surface area (Å²) in [5.74, 6) is -4.54. The van der Waals surface area contributed by atoms with E-state index in [1.165, 1.54) is 4.90 Å². The van der Waals surface area contributed by atoms with Crippen LogP contribution < -0.4 is 0 Å². The van der Waals surface area contributed by atoms with Gasteiger partial charge >= 0.3 is 5.97 Å². The van der Waals surface area contributed by atoms with E-state index in [2.05, 4.69) is 11.8 Å². The number of carbonyl (C=O) groups is 3. The van der Waals surface area contributed by atoms with Gasteiger partial charge in [0.1, 0.15) is 6.04 Å². The molecule has 10 nitrogen and oxygen atoms in total. The molecule has 0 aromatic heterocycles. The molecule has 4 fully saturated rings. The second kappa shape index (κ2) is 12.5. The van der Waals surface area contributed by atoms with Gasteiger partial charge in [-0.25, -0.2) is 4.79 Å². The molecule has 39 heavy (non-hydrogen) atoms. The van der Waals surface area contributed by atoms with E-state index in [9.17, 15) is 24.6 Å². The first kappa shape index (κ1) is 30.4. The summed E-state index contributed by atoms with van der Waals surface area (Å²) in [5, 5.41) is 21.3. The van der Waals surface area contributed by atoms with Crippen LogP contribution in [0.1, 0.15) is 79.1 Å². The van der Waals surface area contributed by atoms with Crippen molar-refractivity contribution in [2.24, 2.45) is 23.7 Å². The van der Waals surface area contributed by atoms with Gasteiger partial charge in [0.05, 0.1) is 18.3 Å². The van der Waals surface area contributed by atoms with Gasteiger partial charge in [0.2, 0.25) is 5.79 Å². The van der Waals surface area contributed by atoms with Gasteiger partial charge in [-0.2, -0.15) is 0 Å². The fourth-order valence-corrected chi connectivity index (χ4v) is 6.77. The van der Waals surface area contributed by atoms with Gasteiger partial charge < -0.3 is 29.3 Å². The van der Waals surface area contributed by atoms with Crippen molar-refractivity contribution in [2.75, 3.05) is 26.7 Å². The zero-order valence-electron chi connectivity index (χ0n) is 24.2. The zero-order chi connectivity index (χ0) is 28.5. The summed E-state index contributed by atoms with van der Waals surface area (Å²) in [6.45, 7) is 9.52. The molecule has 3 aliphatic heterocycles. The summed E-state index contributed by atoms with van der Waals surface area (Å²) in [7, 11) is 1.63. The molecule has 1 saturated carbocycles. The second-order valence-corrected chi connectivity index (χ2v) is 12.6. The molecule has 0 bridgehead atoms. The number of aliphatic hydroxyl groups is 2. The maximum atomic E-state index is 13.5. The fraction of sp³-hybridized carbons (Fsp3) is 0.897. The number of hydrogen-bond acceptors (Lipinski definition) is 9. The van der Waals surface area contributed by atoms with Crippen LogP contribution in [0.5, 0.6) is 0 Å². The number of methoxy groups -OCH3 is 1. The standard InChI is InChI=1S/C29H48N2O8/c1-17-14-19(3)29(36,39-20(17)4)25(33)26(34)31-11-7-6-8-22(31)28(35)38-27(30-12-13-30)18(2)15-21-9-10-23(32)24(16-21)37-5/h17-24,27,32,36H,6-16H2,1-5H3. The van der Waals surface area contributed by atoms with Crippen LogP contribution in [0.25, 0.3) is 0 Å². The molecule has 10 heteroatoms. The Morgan fingerprint density at radius 1 is 1.05 bits per heavy atom. The maximum absolute atomic E-state index is 13.5. The third kappa shape index (κ3) is 6.67. The number of carbonyl (C=O) groups excluding carboxylic acids is 3. The van der Waals surface area contributed by atoms with E-state index < -0.39 is 47.7 Å². The molecule has 0 aromatic carbocycles. The van der Waals surface area contributed by atoms with Crippen LogP contribution in [0, 0.1) is 23.7 Å². The number of nitrogens with zero attached hydrogens (tertiary/aromatic N) is 2. The third-order valence-corrected chi connectivity index (χ3v) is 9.55. The average molecular weight is 553 g/mol. The minimum atomic E-state index is -2.20. The van der Waals surface area contributed by atoms with Crippen molar-refractivity contribution in [3.05, 3.63) is 0 Å². The van der Waals surface area contributed by atoms with Gasteiger partial charge in [0, 0.05) is 38.6 Å². The zero-order valence-corrected chi connectivity index (χ0v) is 24.2. The van der Waals surface area contributed by atoms with E-state index in [-0.39, 0.29) is 30.6 Å². The van der Waals surface area contributed by atoms with Crippen LogP contribution in [0.3, 0.4) is 0 Å². The van der Waals surface area contributed by atoms with E-state index in [1.54, 1.807) is 21.0 Å². The summed E-state index contributed by atoms with van der Waals surface area (Å²) in [4.78, 5) is 43.7. The predicted molar refractivity (Wildman–Crippen MR) is 142 cm³/mol. The van der Waals surface area contributed by atoms with Crippen molar-refractivity contribution in [3.8, 4) is 0 Å². The highest BCUT2D eigenvalue weighted by atomic mass is 16.6. The Hall–Kier alpha value is -1.59. The number of likely N-dealkylation sites (tertiary alicyclic amines) is 1. The van der Waals surface area contributed by atoms with Crippen molar-refractivity contribution in [3.63, 3.8) is 0 Å². The first-order valence-corrected chi connectivity index (χ1v) is 14.9. The van der Waals surface area contributed by atoms with Gasteiger partial charge in [-0.05, 0) is 70.1 Å². The molecule has 1 aliphatic carbocycles. The number of Topliss-reactive ketones (excluding diaryl/α,β-unsaturated/α-hetero) is 1. The number of hydrogen-bond donors (Lipinski definition) is 2. The Morgan fingerprint density at radius 2 is 1.77 bits per heavy atom. The number of amides is 1. The molecule has 0 aromatic rings. The quantitative estimate of drug-likeness (QED) is 0.251. The molecule has 2 N–H and O–H groups in total. The summed E-state index contributed by atoms with van der Waals surface area (Å²) >= 11 is 0. The van der Waals surface area contributed by atoms with Crippen LogP contribution in [0.4, 0.5) is 0 Å². The summed E-state index contributed by atoms with van der Waals surface area (Å²) in [5.41, 5.74) is 0. The van der Waals surface area contributed by atoms with Crippen LogP contribution in [0.2, 0.25) is 0 Å². The van der Waals surface area contributed by atoms with E-state index in [0.717, 1.165) is 38.8 Å². The summed E-state index contributed by atoms with van der Waals surface area (Å²) in [6, 6.07) is -0.869. The topological polar surface area (TPSA) is 126 Å². The molecule has 222 valence electrons. The Labute approximate surface area is 232 Å². The smallest absolute Gasteiger partial charge is 0.330 e. The van der Waals surface area contributed by atoms with Gasteiger partial charge in [0.15, 0.2) is 6.23 Å². The van der Waals surface area contributed by atoms with E-state index >= 15 is 0 Å². The molecular formula is C29H48N2O8. The second-order valence-electron chi connectivity index (χ2n) is 12.6. The molecule has 1 amide bonds. The summed E-state index contributed by atoms with van der Waals surface area (Å²) in [6.07, 6.45) is 4.22. The Balaban J connectivity index is 1.41. The van der Waals surface area contributed by atoms with Crippen molar-refractivity contribution < 1.29 is 38.8 Å². The molecule has 10 atom stereocenters. The number of aliphatic hydroxyl groups excluding tert-OH is 1. The molecular weight excluding hydrogens is 504 g/mol. The number of rotatable bonds is 9. The fourth-order valence-electron chi connectivity index (χ4n) is 6.77. The van der Waals surface area contributed by atoms with E-state index in [0.29, 0.717) is 31.6 Å². The first-order valence-electron chi connectivity index (χ1n) is 14.9. The minimum absolute atomic E-state index is 0.0595. The van der Waals surface area contributed by atoms with Crippen LogP contribution in [-0.4, -0.2) is 101 Å². The Kier molecular flexibility index (Phi) is 9.74. The number of ether oxygens (including phenoxy) is 3. The van der Waals surface area contributed by atoms with Crippen molar-refractivity contribution in [1.29, 1.82) is 0 Å². The highest BCUT2D eigenvalue weighted by Gasteiger charge is 2.53. The van der Waals surface area contributed by atoms with Crippen molar-refractivity contribution in [1.82, 2.24) is 9.80 Å². The molecule has 4 aliphatic rings. The van der Waals surface area contributed by atoms with Gasteiger partial charge in [-0.15, -0.1) is 0 Å². The van der Waals surface area contributed by atoms with Crippen LogP contribution in [0.15, 0.2) is 0 Å². The minimum Gasteiger partial charge on any atom is -0.445 e. The largest absolute Gasteiger partial charge is 0.445 e.